The van der Waals surface area contributed by atoms with E-state index in [1.165, 1.54) is 0 Å². The maximum absolute atomic E-state index is 9.42. The van der Waals surface area contributed by atoms with E-state index < -0.39 is 0 Å². The van der Waals surface area contributed by atoms with Crippen molar-refractivity contribution in [3.63, 3.8) is 0 Å². The minimum Gasteiger partial charge on any atom is -0.394 e. The monoisotopic (exact) mass is 113 g/mol. The van der Waals surface area contributed by atoms with Crippen molar-refractivity contribution in [3.05, 3.63) is 6.26 Å². The second-order valence-corrected chi connectivity index (χ2v) is 0.929. The molecule has 0 aliphatic heterocycles. The lowest BCUT2D eigenvalue weighted by Crippen LogP contribution is -1.86. The summed E-state index contributed by atoms with van der Waals surface area (Å²) < 4.78 is 8.27. The van der Waals surface area contributed by atoms with Crippen LogP contribution in [0.2, 0.25) is 0 Å². The molecule has 1 radical (unpaired) electrons. The number of ether oxygens (including phenoxy) is 1. The van der Waals surface area contributed by atoms with Gasteiger partial charge in [0.1, 0.15) is 0 Å². The molecule has 0 spiro atoms. The van der Waals surface area contributed by atoms with Gasteiger partial charge in [-0.2, -0.15) is 0 Å². The second-order valence-electron chi connectivity index (χ2n) is 0.929. The van der Waals surface area contributed by atoms with Gasteiger partial charge < -0.3 is 9.26 Å². The third-order valence-corrected chi connectivity index (χ3v) is 0.486. The smallest absolute Gasteiger partial charge is 0.394 e. The van der Waals surface area contributed by atoms with Gasteiger partial charge in [0.2, 0.25) is 0 Å². The van der Waals surface area contributed by atoms with E-state index in [-0.39, 0.29) is 5.88 Å². The van der Waals surface area contributed by atoms with E-state index >= 15 is 0 Å². The van der Waals surface area contributed by atoms with E-state index in [1.54, 1.807) is 0 Å². The number of aromatic nitrogens is 2. The van der Waals surface area contributed by atoms with Gasteiger partial charge in [-0.25, -0.2) is 4.79 Å². The Morgan fingerprint density at radius 3 is 3.25 bits per heavy atom. The predicted molar refractivity (Wildman–Crippen MR) is 20.6 cm³/mol. The van der Waals surface area contributed by atoms with E-state index in [0.29, 0.717) is 0 Å². The Balaban J connectivity index is 2.62. The highest BCUT2D eigenvalue weighted by Gasteiger charge is 1.93. The summed E-state index contributed by atoms with van der Waals surface area (Å²) in [4.78, 5) is 9.42. The van der Waals surface area contributed by atoms with Gasteiger partial charge in [0.15, 0.2) is 6.26 Å². The minimum atomic E-state index is 0.0139. The fourth-order valence-electron chi connectivity index (χ4n) is 0.243. The van der Waals surface area contributed by atoms with Gasteiger partial charge in [-0.1, -0.05) is 5.10 Å². The first-order chi connectivity index (χ1) is 3.93. The lowest BCUT2D eigenvalue weighted by molar-refractivity contribution is 0.392. The molecule has 1 aromatic rings. The molecule has 1 rings (SSSR count). The summed E-state index contributed by atoms with van der Waals surface area (Å²) in [6.07, 6.45) is 1.09. The Kier molecular flexibility index (Phi) is 1.23. The van der Waals surface area contributed by atoms with Crippen LogP contribution in [-0.4, -0.2) is 16.8 Å². The van der Waals surface area contributed by atoms with Crippen molar-refractivity contribution in [2.75, 3.05) is 0 Å². The molecular formula is C3HN2O3. The number of hydrogen-bond acceptors (Lipinski definition) is 5. The highest BCUT2D eigenvalue weighted by Crippen LogP contribution is 1.98. The van der Waals surface area contributed by atoms with E-state index in [0.717, 1.165) is 12.7 Å². The Bertz CT molecular complexity index is 159. The lowest BCUT2D eigenvalue weighted by Gasteiger charge is -1.77. The summed E-state index contributed by atoms with van der Waals surface area (Å²) in [7, 11) is 0. The van der Waals surface area contributed by atoms with E-state index in [2.05, 4.69) is 19.6 Å². The Hall–Kier alpha value is -1.39. The fraction of sp³-hybridized carbons (Fsp3) is 0. The first-order valence-corrected chi connectivity index (χ1v) is 1.74. The Morgan fingerprint density at radius 1 is 1.88 bits per heavy atom. The highest BCUT2D eigenvalue weighted by molar-refractivity contribution is 5.42. The van der Waals surface area contributed by atoms with Crippen LogP contribution in [0.5, 0.6) is 5.88 Å². The molecule has 0 bridgehead atoms. The summed E-state index contributed by atoms with van der Waals surface area (Å²) in [5, 5.41) is 6.22. The molecule has 0 unspecified atom stereocenters. The summed E-state index contributed by atoms with van der Waals surface area (Å²) in [5.41, 5.74) is 0. The molecule has 1 heterocycles. The molecule has 0 N–H and O–H groups in total. The van der Waals surface area contributed by atoms with Gasteiger partial charge >= 0.3 is 6.47 Å². The van der Waals surface area contributed by atoms with E-state index in [1.807, 2.05) is 0 Å². The van der Waals surface area contributed by atoms with Crippen LogP contribution in [0.25, 0.3) is 0 Å². The largest absolute Gasteiger partial charge is 0.424 e. The van der Waals surface area contributed by atoms with Gasteiger partial charge in [-0.15, -0.1) is 0 Å². The van der Waals surface area contributed by atoms with Crippen LogP contribution in [0.3, 0.4) is 0 Å². The summed E-state index contributed by atoms with van der Waals surface area (Å²) in [6.45, 7) is 1.16. The molecule has 5 nitrogen and oxygen atoms in total. The van der Waals surface area contributed by atoms with Crippen LogP contribution >= 0.6 is 0 Å². The molecule has 0 saturated heterocycles. The first-order valence-electron chi connectivity index (χ1n) is 1.74. The summed E-state index contributed by atoms with van der Waals surface area (Å²) >= 11 is 0. The highest BCUT2D eigenvalue weighted by atomic mass is 16.6. The van der Waals surface area contributed by atoms with Gasteiger partial charge in [0, 0.05) is 5.27 Å². The summed E-state index contributed by atoms with van der Waals surface area (Å²) in [5.74, 6) is 0.0139. The third kappa shape index (κ3) is 0.810. The lowest BCUT2D eigenvalue weighted by atomic mass is 10.9. The van der Waals surface area contributed by atoms with Crippen molar-refractivity contribution in [1.29, 1.82) is 0 Å². The zero-order valence-electron chi connectivity index (χ0n) is 3.70. The molecule has 41 valence electrons. The van der Waals surface area contributed by atoms with Crippen LogP contribution in [-0.2, 0) is 4.79 Å². The maximum Gasteiger partial charge on any atom is 0.424 e. The standard InChI is InChI=1S/C3HN2O3/c6-2-7-3-1-8-5-4-3/h1H. The van der Waals surface area contributed by atoms with Crippen molar-refractivity contribution < 1.29 is 14.1 Å². The molecule has 0 amide bonds. The summed E-state index contributed by atoms with van der Waals surface area (Å²) in [6, 6.07) is 0. The van der Waals surface area contributed by atoms with Crippen molar-refractivity contribution in [3.8, 4) is 5.88 Å². The molecule has 8 heavy (non-hydrogen) atoms. The molecule has 0 atom stereocenters. The number of rotatable bonds is 2. The Labute approximate surface area is 44.2 Å². The normalized spacial score (nSPS) is 8.50. The number of hydrogen-bond donors (Lipinski definition) is 0. The van der Waals surface area contributed by atoms with Crippen molar-refractivity contribution in [2.45, 2.75) is 0 Å². The van der Waals surface area contributed by atoms with Gasteiger partial charge in [-0.05, 0) is 0 Å². The average Bonchev–Trinajstić information content (AvgIpc) is 2.19. The van der Waals surface area contributed by atoms with Gasteiger partial charge in [-0.3, -0.25) is 0 Å². The second kappa shape index (κ2) is 2.06. The first kappa shape index (κ1) is 4.76. The number of nitrogens with zero attached hydrogens (tertiary/aromatic N) is 2. The molecule has 0 fully saturated rings. The topological polar surface area (TPSA) is 65.2 Å². The van der Waals surface area contributed by atoms with Gasteiger partial charge in [0.05, 0.1) is 0 Å². The fourth-order valence-corrected chi connectivity index (χ4v) is 0.243. The van der Waals surface area contributed by atoms with Crippen molar-refractivity contribution in [1.82, 2.24) is 10.4 Å². The quantitative estimate of drug-likeness (QED) is 0.518. The zero-order valence-corrected chi connectivity index (χ0v) is 3.70. The Morgan fingerprint density at radius 2 is 2.75 bits per heavy atom. The molecule has 0 saturated carbocycles. The molecule has 0 aliphatic rings. The number of carbonyl (C=O) groups excluding carboxylic acids is 1. The molecule has 5 heteroatoms. The predicted octanol–water partition coefficient (Wildman–Crippen LogP) is -0.484. The molecule has 0 aliphatic carbocycles. The maximum atomic E-state index is 9.42. The third-order valence-electron chi connectivity index (χ3n) is 0.486. The van der Waals surface area contributed by atoms with Crippen molar-refractivity contribution in [2.24, 2.45) is 0 Å². The van der Waals surface area contributed by atoms with Crippen LogP contribution < -0.4 is 4.74 Å². The molecule has 1 aromatic heterocycles. The molecule has 0 aromatic carbocycles. The van der Waals surface area contributed by atoms with Crippen LogP contribution in [0.15, 0.2) is 10.8 Å². The van der Waals surface area contributed by atoms with Crippen LogP contribution in [0.4, 0.5) is 0 Å². The van der Waals surface area contributed by atoms with Crippen molar-refractivity contribution >= 4 is 6.47 Å². The SMILES string of the molecule is O=[C]Oc1conn1. The van der Waals surface area contributed by atoms with Crippen LogP contribution in [0.1, 0.15) is 0 Å². The molecular weight excluding hydrogens is 112 g/mol. The van der Waals surface area contributed by atoms with E-state index in [9.17, 15) is 4.79 Å². The van der Waals surface area contributed by atoms with E-state index in [4.69, 9.17) is 0 Å². The minimum absolute atomic E-state index is 0.0139. The van der Waals surface area contributed by atoms with Crippen LogP contribution in [0, 0.1) is 0 Å². The average molecular weight is 113 g/mol. The zero-order chi connectivity index (χ0) is 5.82. The van der Waals surface area contributed by atoms with Gasteiger partial charge in [0.25, 0.3) is 5.88 Å².